The maximum Gasteiger partial charge on any atom is 0.336 e. The van der Waals surface area contributed by atoms with Crippen molar-refractivity contribution in [3.05, 3.63) is 85.1 Å². The molecular formula is C38H47Cl2N3O6. The Bertz CT molecular complexity index is 1700. The molecular weight excluding hydrogens is 665 g/mol. The number of carboxylic acids is 1. The van der Waals surface area contributed by atoms with Crippen molar-refractivity contribution in [1.29, 1.82) is 0 Å². The molecule has 1 amide bonds. The topological polar surface area (TPSA) is 123 Å². The number of hydrogen-bond acceptors (Lipinski definition) is 7. The zero-order chi connectivity index (χ0) is 35.6. The minimum atomic E-state index is -1.18. The van der Waals surface area contributed by atoms with Crippen molar-refractivity contribution in [1.82, 2.24) is 15.1 Å². The Labute approximate surface area is 298 Å². The molecule has 0 bridgehead atoms. The summed E-state index contributed by atoms with van der Waals surface area (Å²) in [6.07, 6.45) is 4.28. The summed E-state index contributed by atoms with van der Waals surface area (Å²) in [4.78, 5) is 30.7. The van der Waals surface area contributed by atoms with E-state index in [4.69, 9.17) is 27.9 Å². The molecule has 1 unspecified atom stereocenters. The minimum Gasteiger partial charge on any atom is -0.506 e. The van der Waals surface area contributed by atoms with Crippen LogP contribution in [0.15, 0.2) is 52.3 Å². The average Bonchev–Trinajstić information content (AvgIpc) is 3.09. The number of carboxylic acid groups (broad SMARTS) is 1. The van der Waals surface area contributed by atoms with Crippen LogP contribution in [0.5, 0.6) is 11.5 Å². The van der Waals surface area contributed by atoms with Gasteiger partial charge in [-0.15, -0.1) is 0 Å². The van der Waals surface area contributed by atoms with E-state index in [0.29, 0.717) is 90.1 Å². The molecule has 1 fully saturated rings. The second-order valence-electron chi connectivity index (χ2n) is 13.2. The Morgan fingerprint density at radius 1 is 0.939 bits per heavy atom. The molecule has 1 atom stereocenters. The highest BCUT2D eigenvalue weighted by Crippen LogP contribution is 2.51. The molecule has 1 aliphatic heterocycles. The second-order valence-corrected chi connectivity index (χ2v) is 14.0. The molecule has 9 nitrogen and oxygen atoms in total. The van der Waals surface area contributed by atoms with E-state index >= 15 is 0 Å². The van der Waals surface area contributed by atoms with Gasteiger partial charge >= 0.3 is 5.97 Å². The lowest BCUT2D eigenvalue weighted by atomic mass is 9.82. The molecule has 2 aliphatic carbocycles. The summed E-state index contributed by atoms with van der Waals surface area (Å²) in [7, 11) is 0. The van der Waals surface area contributed by atoms with E-state index in [-0.39, 0.29) is 38.9 Å². The lowest BCUT2D eigenvalue weighted by molar-refractivity contribution is 0.0695. The van der Waals surface area contributed by atoms with Crippen LogP contribution in [0, 0.1) is 5.92 Å². The molecule has 1 saturated carbocycles. The first kappa shape index (κ1) is 36.9. The molecule has 49 heavy (non-hydrogen) atoms. The van der Waals surface area contributed by atoms with Crippen molar-refractivity contribution < 1.29 is 29.6 Å². The predicted octanol–water partition coefficient (Wildman–Crippen LogP) is 7.18. The molecule has 11 heteroatoms. The Morgan fingerprint density at radius 3 is 2.18 bits per heavy atom. The Morgan fingerprint density at radius 2 is 1.57 bits per heavy atom. The van der Waals surface area contributed by atoms with Gasteiger partial charge in [-0.2, -0.15) is 0 Å². The quantitative estimate of drug-likeness (QED) is 0.183. The number of allylic oxidation sites excluding steroid dienone is 1. The Hall–Kier alpha value is -3.34. The van der Waals surface area contributed by atoms with Gasteiger partial charge in [0.25, 0.3) is 5.91 Å². The lowest BCUT2D eigenvalue weighted by Crippen LogP contribution is -2.37. The van der Waals surface area contributed by atoms with E-state index in [1.54, 1.807) is 18.2 Å². The number of hydrogen-bond donors (Lipinski definition) is 4. The fraction of sp³-hybridized carbons (Fsp3) is 0.474. The van der Waals surface area contributed by atoms with Crippen molar-refractivity contribution in [2.75, 3.05) is 32.7 Å². The van der Waals surface area contributed by atoms with E-state index in [0.717, 1.165) is 25.7 Å². The zero-order valence-corrected chi connectivity index (χ0v) is 30.4. The smallest absolute Gasteiger partial charge is 0.336 e. The normalized spacial score (nSPS) is 20.6. The number of rotatable bonds is 12. The van der Waals surface area contributed by atoms with Gasteiger partial charge in [-0.3, -0.25) is 14.6 Å². The number of nitrogens with zero attached hydrogens (tertiary/aromatic N) is 2. The lowest BCUT2D eigenvalue weighted by Gasteiger charge is -2.35. The highest BCUT2D eigenvalue weighted by atomic mass is 35.5. The highest BCUT2D eigenvalue weighted by Gasteiger charge is 2.38. The van der Waals surface area contributed by atoms with E-state index < -0.39 is 12.1 Å². The third-order valence-corrected chi connectivity index (χ3v) is 10.8. The van der Waals surface area contributed by atoms with Gasteiger partial charge in [-0.25, -0.2) is 4.79 Å². The summed E-state index contributed by atoms with van der Waals surface area (Å²) in [5.74, 6) is -0.349. The first-order valence-corrected chi connectivity index (χ1v) is 18.1. The summed E-state index contributed by atoms with van der Waals surface area (Å²) < 4.78 is 6.71. The van der Waals surface area contributed by atoms with Gasteiger partial charge in [0.1, 0.15) is 23.4 Å². The number of aliphatic hydroxyl groups excluding tert-OH is 1. The number of aliphatic hydroxyl groups is 1. The van der Waals surface area contributed by atoms with Crippen LogP contribution in [0.3, 0.4) is 0 Å². The van der Waals surface area contributed by atoms with Gasteiger partial charge in [0, 0.05) is 47.0 Å². The van der Waals surface area contributed by atoms with E-state index in [1.807, 2.05) is 27.7 Å². The van der Waals surface area contributed by atoms with E-state index in [9.17, 15) is 24.9 Å². The van der Waals surface area contributed by atoms with Crippen LogP contribution in [0.4, 0.5) is 0 Å². The van der Waals surface area contributed by atoms with Crippen LogP contribution in [-0.2, 0) is 6.54 Å². The number of phenols is 1. The number of aromatic hydroxyl groups is 1. The average molecular weight is 713 g/mol. The number of benzene rings is 2. The molecule has 264 valence electrons. The first-order valence-electron chi connectivity index (χ1n) is 17.3. The number of carbonyl (C=O) groups is 2. The molecule has 2 aromatic rings. The second kappa shape index (κ2) is 15.7. The number of nitrogens with one attached hydrogen (secondary N) is 1. The number of fused-ring (bicyclic) bond motifs is 2. The van der Waals surface area contributed by atoms with Crippen LogP contribution < -0.4 is 10.1 Å². The van der Waals surface area contributed by atoms with Crippen molar-refractivity contribution in [2.24, 2.45) is 5.92 Å². The molecule has 2 aromatic carbocycles. The standard InChI is InChI=1S/C38H47Cl2N3O6/c1-6-42(7-2)19-28-33(44)30(39)17-26-32(27-18-31(40)34(45)29(20-43(8-3)9-4)36(27)49-35(26)28)25-16-22(12-15-24(25)38(47)48)37(46)41-23-13-10-21(5)11-14-23/h12,15-18,21,23,33,44-45H,6-11,13-14,19-20H2,1-5H3,(H,41,46)(H,47,48). The molecule has 0 radical (unpaired) electrons. The predicted molar refractivity (Wildman–Crippen MR) is 193 cm³/mol. The van der Waals surface area contributed by atoms with Crippen LogP contribution >= 0.6 is 23.2 Å². The van der Waals surface area contributed by atoms with E-state index in [2.05, 4.69) is 22.0 Å². The maximum absolute atomic E-state index is 13.7. The first-order chi connectivity index (χ1) is 23.4. The summed E-state index contributed by atoms with van der Waals surface area (Å²) in [5.41, 5.74) is 2.83. The highest BCUT2D eigenvalue weighted by molar-refractivity contribution is 6.32. The number of likely N-dealkylation sites (N-methyl/N-ethyl adjacent to an activating group) is 1. The van der Waals surface area contributed by atoms with Crippen LogP contribution in [0.25, 0.3) is 5.57 Å². The molecule has 0 aromatic heterocycles. The van der Waals surface area contributed by atoms with Gasteiger partial charge in [0.05, 0.1) is 21.2 Å². The Kier molecular flexibility index (Phi) is 11.8. The monoisotopic (exact) mass is 711 g/mol. The van der Waals surface area contributed by atoms with E-state index in [1.165, 1.54) is 12.1 Å². The summed E-state index contributed by atoms with van der Waals surface area (Å²) in [5, 5.41) is 36.7. The number of halogens is 2. The zero-order valence-electron chi connectivity index (χ0n) is 28.9. The number of carbonyl (C=O) groups excluding carboxylic acids is 1. The third-order valence-electron chi connectivity index (χ3n) is 10.2. The summed E-state index contributed by atoms with van der Waals surface area (Å²) >= 11 is 13.5. The van der Waals surface area contributed by atoms with Gasteiger partial charge in [0.2, 0.25) is 0 Å². The fourth-order valence-electron chi connectivity index (χ4n) is 6.98. The molecule has 3 aliphatic rings. The number of ether oxygens (including phenoxy) is 1. The molecule has 0 spiro atoms. The molecule has 4 N–H and O–H groups in total. The van der Waals surface area contributed by atoms with Crippen molar-refractivity contribution >= 4 is 40.7 Å². The number of phenolic OH excluding ortho intramolecular Hbond substituents is 1. The maximum atomic E-state index is 13.7. The number of aromatic carboxylic acids is 1. The molecule has 5 rings (SSSR count). The summed E-state index contributed by atoms with van der Waals surface area (Å²) in [6, 6.07) is 6.18. The van der Waals surface area contributed by atoms with Crippen LogP contribution in [0.2, 0.25) is 5.02 Å². The molecule has 1 heterocycles. The van der Waals surface area contributed by atoms with Gasteiger partial charge in [0.15, 0.2) is 0 Å². The van der Waals surface area contributed by atoms with Crippen molar-refractivity contribution in [3.8, 4) is 11.5 Å². The van der Waals surface area contributed by atoms with Gasteiger partial charge in [-0.1, -0.05) is 57.8 Å². The van der Waals surface area contributed by atoms with Crippen LogP contribution in [-0.4, -0.2) is 81.9 Å². The Balaban J connectivity index is 1.80. The van der Waals surface area contributed by atoms with Crippen LogP contribution in [0.1, 0.15) is 97.7 Å². The largest absolute Gasteiger partial charge is 0.506 e. The van der Waals surface area contributed by atoms with Gasteiger partial charge in [-0.05, 0) is 93.7 Å². The third kappa shape index (κ3) is 7.56. The fourth-order valence-corrected chi connectivity index (χ4v) is 7.45. The van der Waals surface area contributed by atoms with Crippen molar-refractivity contribution in [3.63, 3.8) is 0 Å². The van der Waals surface area contributed by atoms with Crippen molar-refractivity contribution in [2.45, 2.75) is 79.0 Å². The minimum absolute atomic E-state index is 0.0341. The summed E-state index contributed by atoms with van der Waals surface area (Å²) in [6.45, 7) is 13.7. The SMILES string of the molecule is CCN(CC)CC1=C2Oc3c(cc(Cl)c(O)c3CN(CC)CC)C(c3cc(C(=O)NC4CCC(C)CC4)ccc3C(=O)O)=C2C=C(Cl)C1O. The van der Waals surface area contributed by atoms with Gasteiger partial charge < -0.3 is 25.4 Å². The number of amides is 1. The molecule has 0 saturated heterocycles.